The Morgan fingerprint density at radius 2 is 2.00 bits per heavy atom. The van der Waals surface area contributed by atoms with E-state index in [1.54, 1.807) is 0 Å². The molecule has 1 aromatic carbocycles. The molecule has 0 aliphatic heterocycles. The zero-order valence-corrected chi connectivity index (χ0v) is 10.5. The Bertz CT molecular complexity index is 524. The molecule has 20 heavy (non-hydrogen) atoms. The van der Waals surface area contributed by atoms with Crippen molar-refractivity contribution in [3.63, 3.8) is 0 Å². The van der Waals surface area contributed by atoms with Gasteiger partial charge >= 0.3 is 12.1 Å². The maximum absolute atomic E-state index is 12.7. The molecule has 2 rings (SSSR count). The van der Waals surface area contributed by atoms with Crippen LogP contribution in [-0.4, -0.2) is 29.3 Å². The fourth-order valence-electron chi connectivity index (χ4n) is 1.94. The predicted octanol–water partition coefficient (Wildman–Crippen LogP) is 2.59. The molecule has 0 amide bonds. The lowest BCUT2D eigenvalue weighted by molar-refractivity contribution is -0.138. The Hall–Kier alpha value is -1.76. The number of benzene rings is 1. The fourth-order valence-corrected chi connectivity index (χ4v) is 1.94. The van der Waals surface area contributed by atoms with Crippen molar-refractivity contribution in [3.05, 3.63) is 29.3 Å². The molecule has 0 aromatic heterocycles. The number of alkyl halides is 3. The highest BCUT2D eigenvalue weighted by Gasteiger charge is 2.41. The van der Waals surface area contributed by atoms with Crippen molar-refractivity contribution in [2.75, 3.05) is 18.5 Å². The first-order valence-corrected chi connectivity index (χ1v) is 6.07. The van der Waals surface area contributed by atoms with Crippen molar-refractivity contribution in [2.45, 2.75) is 19.0 Å². The molecule has 7 heteroatoms. The van der Waals surface area contributed by atoms with E-state index >= 15 is 0 Å². The number of rotatable bonds is 5. The van der Waals surface area contributed by atoms with Crippen molar-refractivity contribution in [2.24, 2.45) is 5.41 Å². The minimum Gasteiger partial charge on any atom is -0.478 e. The van der Waals surface area contributed by atoms with Crippen LogP contribution in [0.1, 0.15) is 28.8 Å². The second kappa shape index (κ2) is 4.97. The largest absolute Gasteiger partial charge is 0.478 e. The Balaban J connectivity index is 2.20. The molecule has 3 N–H and O–H groups in total. The first kappa shape index (κ1) is 14.6. The number of aliphatic hydroxyl groups excluding tert-OH is 1. The lowest BCUT2D eigenvalue weighted by atomic mass is 10.1. The molecule has 1 fully saturated rings. The van der Waals surface area contributed by atoms with E-state index in [1.165, 1.54) is 6.07 Å². The molecule has 1 aliphatic carbocycles. The quantitative estimate of drug-likeness (QED) is 0.779. The van der Waals surface area contributed by atoms with Crippen LogP contribution in [0.15, 0.2) is 18.2 Å². The lowest BCUT2D eigenvalue weighted by Gasteiger charge is -2.16. The number of nitrogens with one attached hydrogen (secondary N) is 1. The van der Waals surface area contributed by atoms with E-state index in [0.717, 1.165) is 25.0 Å². The van der Waals surface area contributed by atoms with Crippen LogP contribution in [0.3, 0.4) is 0 Å². The average molecular weight is 289 g/mol. The van der Waals surface area contributed by atoms with Crippen molar-refractivity contribution in [1.29, 1.82) is 0 Å². The van der Waals surface area contributed by atoms with E-state index in [4.69, 9.17) is 10.2 Å². The summed E-state index contributed by atoms with van der Waals surface area (Å²) in [5.74, 6) is -1.62. The van der Waals surface area contributed by atoms with Gasteiger partial charge in [-0.1, -0.05) is 0 Å². The first-order chi connectivity index (χ1) is 9.27. The smallest absolute Gasteiger partial charge is 0.417 e. The minimum atomic E-state index is -4.70. The van der Waals surface area contributed by atoms with Gasteiger partial charge in [0.2, 0.25) is 0 Å². The third kappa shape index (κ3) is 3.04. The number of hydrogen-bond donors (Lipinski definition) is 3. The summed E-state index contributed by atoms with van der Waals surface area (Å²) in [7, 11) is 0. The van der Waals surface area contributed by atoms with Gasteiger partial charge in [0.25, 0.3) is 0 Å². The summed E-state index contributed by atoms with van der Waals surface area (Å²) in [6.45, 7) is 0.417. The van der Waals surface area contributed by atoms with Crippen LogP contribution in [0.4, 0.5) is 18.9 Å². The van der Waals surface area contributed by atoms with E-state index in [-0.39, 0.29) is 12.0 Å². The zero-order valence-electron chi connectivity index (χ0n) is 10.5. The van der Waals surface area contributed by atoms with Crippen molar-refractivity contribution in [1.82, 2.24) is 0 Å². The van der Waals surface area contributed by atoms with Gasteiger partial charge in [-0.05, 0) is 31.0 Å². The van der Waals surface area contributed by atoms with Crippen LogP contribution in [0.5, 0.6) is 0 Å². The summed E-state index contributed by atoms with van der Waals surface area (Å²) in [6.07, 6.45) is -3.00. The number of carbonyl (C=O) groups is 1. The van der Waals surface area contributed by atoms with E-state index in [0.29, 0.717) is 12.2 Å². The number of carboxylic acids is 1. The van der Waals surface area contributed by atoms with Crippen LogP contribution in [0, 0.1) is 5.41 Å². The van der Waals surface area contributed by atoms with Crippen molar-refractivity contribution >= 4 is 11.7 Å². The first-order valence-electron chi connectivity index (χ1n) is 6.07. The number of aliphatic hydroxyl groups is 1. The van der Waals surface area contributed by atoms with Crippen LogP contribution in [-0.2, 0) is 6.18 Å². The Morgan fingerprint density at radius 3 is 2.45 bits per heavy atom. The highest BCUT2D eigenvalue weighted by Crippen LogP contribution is 2.45. The summed E-state index contributed by atoms with van der Waals surface area (Å²) in [4.78, 5) is 10.9. The predicted molar refractivity (Wildman–Crippen MR) is 65.6 cm³/mol. The van der Waals surface area contributed by atoms with Gasteiger partial charge in [0, 0.05) is 17.6 Å². The third-order valence-electron chi connectivity index (χ3n) is 3.52. The molecule has 1 aliphatic rings. The van der Waals surface area contributed by atoms with Crippen molar-refractivity contribution in [3.8, 4) is 0 Å². The summed E-state index contributed by atoms with van der Waals surface area (Å²) in [5, 5.41) is 20.9. The summed E-state index contributed by atoms with van der Waals surface area (Å²) in [5.41, 5.74) is -1.86. The zero-order chi connectivity index (χ0) is 15.0. The van der Waals surface area contributed by atoms with Crippen LogP contribution >= 0.6 is 0 Å². The number of anilines is 1. The highest BCUT2D eigenvalue weighted by atomic mass is 19.4. The van der Waals surface area contributed by atoms with E-state index in [9.17, 15) is 18.0 Å². The Morgan fingerprint density at radius 1 is 1.35 bits per heavy atom. The molecular weight excluding hydrogens is 275 g/mol. The molecule has 0 heterocycles. The standard InChI is InChI=1S/C13H14F3NO3/c14-13(15,16)10-2-1-8(5-9(10)11(19)20)17-6-12(7-18)3-4-12/h1-2,5,17-18H,3-4,6-7H2,(H,19,20). The number of hydrogen-bond acceptors (Lipinski definition) is 3. The molecule has 1 aromatic rings. The lowest BCUT2D eigenvalue weighted by Crippen LogP contribution is -2.20. The van der Waals surface area contributed by atoms with Crippen LogP contribution in [0.2, 0.25) is 0 Å². The van der Waals surface area contributed by atoms with Crippen molar-refractivity contribution < 1.29 is 28.2 Å². The molecular formula is C13H14F3NO3. The number of halogens is 3. The average Bonchev–Trinajstić information content (AvgIpc) is 3.15. The topological polar surface area (TPSA) is 69.6 Å². The number of carboxylic acid groups (broad SMARTS) is 1. The normalized spacial score (nSPS) is 16.8. The van der Waals surface area contributed by atoms with E-state index in [2.05, 4.69) is 5.32 Å². The van der Waals surface area contributed by atoms with Crippen LogP contribution in [0.25, 0.3) is 0 Å². The molecule has 0 atom stereocenters. The molecule has 0 bridgehead atoms. The molecule has 4 nitrogen and oxygen atoms in total. The SMILES string of the molecule is O=C(O)c1cc(NCC2(CO)CC2)ccc1C(F)(F)F. The van der Waals surface area contributed by atoms with E-state index < -0.39 is 23.3 Å². The fraction of sp³-hybridized carbons (Fsp3) is 0.462. The second-order valence-corrected chi connectivity index (χ2v) is 5.07. The second-order valence-electron chi connectivity index (χ2n) is 5.07. The third-order valence-corrected chi connectivity index (χ3v) is 3.52. The molecule has 0 spiro atoms. The minimum absolute atomic E-state index is 0.00637. The maximum Gasteiger partial charge on any atom is 0.417 e. The highest BCUT2D eigenvalue weighted by molar-refractivity contribution is 5.91. The van der Waals surface area contributed by atoms with Gasteiger partial charge in [-0.25, -0.2) is 4.79 Å². The molecule has 0 saturated heterocycles. The molecule has 1 saturated carbocycles. The number of aromatic carboxylic acids is 1. The maximum atomic E-state index is 12.7. The molecule has 0 unspecified atom stereocenters. The Labute approximate surface area is 113 Å². The summed E-state index contributed by atoms with van der Waals surface area (Å²) < 4.78 is 38.0. The Kier molecular flexibility index (Phi) is 3.64. The van der Waals surface area contributed by atoms with Gasteiger partial charge in [0.1, 0.15) is 0 Å². The van der Waals surface area contributed by atoms with E-state index in [1.807, 2.05) is 0 Å². The van der Waals surface area contributed by atoms with Gasteiger partial charge in [-0.3, -0.25) is 0 Å². The summed E-state index contributed by atoms with van der Waals surface area (Å²) in [6, 6.07) is 2.92. The molecule has 110 valence electrons. The van der Waals surface area contributed by atoms with Gasteiger partial charge in [0.15, 0.2) is 0 Å². The van der Waals surface area contributed by atoms with Gasteiger partial charge in [0.05, 0.1) is 17.7 Å². The van der Waals surface area contributed by atoms with Gasteiger partial charge in [-0.2, -0.15) is 13.2 Å². The van der Waals surface area contributed by atoms with Crippen LogP contribution < -0.4 is 5.32 Å². The van der Waals surface area contributed by atoms with Gasteiger partial charge < -0.3 is 15.5 Å². The monoisotopic (exact) mass is 289 g/mol. The molecule has 0 radical (unpaired) electrons. The van der Waals surface area contributed by atoms with Gasteiger partial charge in [-0.15, -0.1) is 0 Å². The summed E-state index contributed by atoms with van der Waals surface area (Å²) >= 11 is 0.